The van der Waals surface area contributed by atoms with Crippen LogP contribution in [0.2, 0.25) is 67.1 Å². The number of carbonyl (C=O) groups is 1. The molecule has 0 unspecified atom stereocenters. The quantitative estimate of drug-likeness (QED) is 0.161. The molecule has 1 aliphatic rings. The van der Waals surface area contributed by atoms with Gasteiger partial charge in [0.25, 0.3) is 0 Å². The van der Waals surface area contributed by atoms with Gasteiger partial charge in [-0.05, 0) is 0 Å². The second-order valence-electron chi connectivity index (χ2n) is 11.8. The molecule has 0 radical (unpaired) electrons. The van der Waals surface area contributed by atoms with E-state index in [9.17, 15) is 4.79 Å². The summed E-state index contributed by atoms with van der Waals surface area (Å²) in [4.78, 5) is 13.8. The van der Waals surface area contributed by atoms with Gasteiger partial charge in [-0.15, -0.1) is 0 Å². The van der Waals surface area contributed by atoms with Crippen LogP contribution in [0.3, 0.4) is 0 Å². The van der Waals surface area contributed by atoms with Gasteiger partial charge in [-0.2, -0.15) is 0 Å². The van der Waals surface area contributed by atoms with E-state index in [1.165, 1.54) is 51.8 Å². The summed E-state index contributed by atoms with van der Waals surface area (Å²) in [6.07, 6.45) is 8.09. The van der Waals surface area contributed by atoms with Gasteiger partial charge in [0, 0.05) is 0 Å². The minimum absolute atomic E-state index is 0.0706. The van der Waals surface area contributed by atoms with Crippen LogP contribution in [0.4, 0.5) is 0 Å². The number of ether oxygens (including phenoxy) is 1. The molecular formula is C24H52O2Si2Sn. The van der Waals surface area contributed by atoms with Gasteiger partial charge in [0.2, 0.25) is 0 Å². The van der Waals surface area contributed by atoms with Crippen molar-refractivity contribution in [1.82, 2.24) is 0 Å². The second kappa shape index (κ2) is 11.0. The van der Waals surface area contributed by atoms with Crippen molar-refractivity contribution in [2.45, 2.75) is 133 Å². The van der Waals surface area contributed by atoms with E-state index in [1.54, 1.807) is 0 Å². The maximum absolute atomic E-state index is 13.8. The minimum atomic E-state index is -2.54. The molecule has 1 saturated carbocycles. The molecule has 1 rings (SSSR count). The predicted molar refractivity (Wildman–Crippen MR) is 138 cm³/mol. The summed E-state index contributed by atoms with van der Waals surface area (Å²) in [5, 5.41) is -0.0706. The fraction of sp³-hybridized carbons (Fsp3) is 0.958. The summed E-state index contributed by atoms with van der Waals surface area (Å²) >= 11 is -2.54. The van der Waals surface area contributed by atoms with Gasteiger partial charge in [-0.1, -0.05) is 0 Å². The predicted octanol–water partition coefficient (Wildman–Crippen LogP) is 8.57. The zero-order valence-corrected chi connectivity index (χ0v) is 26.4. The van der Waals surface area contributed by atoms with Crippen LogP contribution < -0.4 is 0 Å². The van der Waals surface area contributed by atoms with Crippen molar-refractivity contribution in [1.29, 1.82) is 0 Å². The average Bonchev–Trinajstić information content (AvgIpc) is 3.35. The molecular weight excluding hydrogens is 495 g/mol. The molecule has 0 amide bonds. The van der Waals surface area contributed by atoms with Crippen LogP contribution in [0, 0.1) is 0 Å². The van der Waals surface area contributed by atoms with E-state index in [0.717, 1.165) is 3.93 Å². The van der Waals surface area contributed by atoms with Crippen LogP contribution in [0.1, 0.15) is 66.2 Å². The van der Waals surface area contributed by atoms with Gasteiger partial charge in [0.15, 0.2) is 0 Å². The molecule has 1 aliphatic carbocycles. The molecule has 5 heteroatoms. The first-order chi connectivity index (χ1) is 13.4. The van der Waals surface area contributed by atoms with Gasteiger partial charge < -0.3 is 0 Å². The summed E-state index contributed by atoms with van der Waals surface area (Å²) in [6.45, 7) is 24.7. The molecule has 0 N–H and O–H groups in total. The fourth-order valence-corrected chi connectivity index (χ4v) is 48.3. The van der Waals surface area contributed by atoms with Gasteiger partial charge in [-0.3, -0.25) is 0 Å². The van der Waals surface area contributed by atoms with E-state index in [1.807, 2.05) is 6.92 Å². The van der Waals surface area contributed by atoms with E-state index < -0.39 is 34.5 Å². The number of esters is 1. The SMILES string of the molecule is CCC[CH2][Sn]([CH2]CCC)([CH2]CCC)[C@H]1[C@@H]([Si](C)(C)C)[C@]1(C(=O)OCC)[Si](C)(C)C. The molecule has 0 aromatic heterocycles. The Kier molecular flexibility index (Phi) is 10.5. The van der Waals surface area contributed by atoms with E-state index in [2.05, 4.69) is 60.1 Å². The molecule has 0 aliphatic heterocycles. The topological polar surface area (TPSA) is 26.3 Å². The Morgan fingerprint density at radius 2 is 1.24 bits per heavy atom. The number of rotatable bonds is 14. The molecule has 3 atom stereocenters. The molecule has 1 fully saturated rings. The van der Waals surface area contributed by atoms with Crippen molar-refractivity contribution in [3.63, 3.8) is 0 Å². The van der Waals surface area contributed by atoms with Crippen molar-refractivity contribution >= 4 is 40.5 Å². The summed E-state index contributed by atoms with van der Waals surface area (Å²) in [5.41, 5.74) is 0.682. The number of carbonyl (C=O) groups excluding carboxylic acids is 1. The van der Waals surface area contributed by atoms with Crippen LogP contribution in [-0.4, -0.2) is 47.1 Å². The molecule has 0 aromatic carbocycles. The third kappa shape index (κ3) is 5.74. The molecule has 0 heterocycles. The molecule has 29 heavy (non-hydrogen) atoms. The molecule has 2 nitrogen and oxygen atoms in total. The standard InChI is InChI=1S/C12H25O2Si2.3C4H9.Sn/c1-8-14-11(13)12(16(5,6)7)9-10(12)15(2,3)4;3*1-3-4-2;/h9-10H,8H2,1-7H3;3*1,3-4H2,2H3;/t10-,12-;;;;/m1..../s1. The van der Waals surface area contributed by atoms with E-state index in [-0.39, 0.29) is 11.0 Å². The Balaban J connectivity index is 3.63. The van der Waals surface area contributed by atoms with E-state index in [0.29, 0.717) is 12.1 Å². The third-order valence-electron chi connectivity index (χ3n) is 7.74. The van der Waals surface area contributed by atoms with Gasteiger partial charge in [0.1, 0.15) is 0 Å². The first kappa shape index (κ1) is 27.7. The normalized spacial score (nSPS) is 25.2. The average molecular weight is 548 g/mol. The first-order valence-electron chi connectivity index (χ1n) is 12.6. The maximum atomic E-state index is 13.8. The summed E-state index contributed by atoms with van der Waals surface area (Å²) < 4.78 is 11.2. The van der Waals surface area contributed by atoms with Gasteiger partial charge in [-0.25, -0.2) is 0 Å². The number of unbranched alkanes of at least 4 members (excludes halogenated alkanes) is 3. The Morgan fingerprint density at radius 1 is 0.828 bits per heavy atom. The third-order valence-corrected chi connectivity index (χ3v) is 33.3. The van der Waals surface area contributed by atoms with Crippen molar-refractivity contribution in [2.24, 2.45) is 0 Å². The Labute approximate surface area is 189 Å². The molecule has 172 valence electrons. The van der Waals surface area contributed by atoms with Crippen LogP contribution >= 0.6 is 0 Å². The number of hydrogen-bond donors (Lipinski definition) is 0. The van der Waals surface area contributed by atoms with Crippen molar-refractivity contribution in [3.8, 4) is 0 Å². The Bertz CT molecular complexity index is 502. The Morgan fingerprint density at radius 3 is 1.52 bits per heavy atom. The van der Waals surface area contributed by atoms with Crippen LogP contribution in [0.25, 0.3) is 0 Å². The fourth-order valence-electron chi connectivity index (χ4n) is 6.58. The van der Waals surface area contributed by atoms with Crippen LogP contribution in [0.5, 0.6) is 0 Å². The molecule has 0 spiro atoms. The summed E-state index contributed by atoms with van der Waals surface area (Å²) in [6, 6.07) is 0. The van der Waals surface area contributed by atoms with Crippen molar-refractivity contribution in [3.05, 3.63) is 0 Å². The zero-order valence-electron chi connectivity index (χ0n) is 21.5. The summed E-state index contributed by atoms with van der Waals surface area (Å²) in [5.74, 6) is 0.224. The molecule has 0 bridgehead atoms. The molecule has 0 saturated heterocycles. The van der Waals surface area contributed by atoms with Crippen LogP contribution in [-0.2, 0) is 9.53 Å². The monoisotopic (exact) mass is 548 g/mol. The van der Waals surface area contributed by atoms with Gasteiger partial charge in [0.05, 0.1) is 0 Å². The first-order valence-corrected chi connectivity index (χ1v) is 27.4. The Hall–Kier alpha value is 0.702. The van der Waals surface area contributed by atoms with Crippen LogP contribution in [0.15, 0.2) is 0 Å². The zero-order chi connectivity index (χ0) is 22.5. The van der Waals surface area contributed by atoms with Crippen molar-refractivity contribution < 1.29 is 9.53 Å². The van der Waals surface area contributed by atoms with E-state index >= 15 is 0 Å². The van der Waals surface area contributed by atoms with E-state index in [4.69, 9.17) is 4.74 Å². The second-order valence-corrected chi connectivity index (χ2v) is 36.3. The molecule has 0 aromatic rings. The summed E-state index contributed by atoms with van der Waals surface area (Å²) in [7, 11) is -3.19. The number of hydrogen-bond acceptors (Lipinski definition) is 2. The van der Waals surface area contributed by atoms with Gasteiger partial charge >= 0.3 is 190 Å². The van der Waals surface area contributed by atoms with Crippen molar-refractivity contribution in [2.75, 3.05) is 6.61 Å².